The molecule has 0 fully saturated rings. The van der Waals surface area contributed by atoms with Gasteiger partial charge in [0.25, 0.3) is 11.6 Å². The second-order valence-electron chi connectivity index (χ2n) is 5.44. The summed E-state index contributed by atoms with van der Waals surface area (Å²) in [7, 11) is 0. The molecule has 0 aromatic heterocycles. The van der Waals surface area contributed by atoms with Gasteiger partial charge in [-0.2, -0.15) is 0 Å². The van der Waals surface area contributed by atoms with E-state index in [0.717, 1.165) is 18.2 Å². The van der Waals surface area contributed by atoms with Gasteiger partial charge in [-0.05, 0) is 25.1 Å². The van der Waals surface area contributed by atoms with E-state index >= 15 is 0 Å². The molecular weight excluding hydrogens is 343 g/mol. The maximum absolute atomic E-state index is 13.8. The summed E-state index contributed by atoms with van der Waals surface area (Å²) in [5.41, 5.74) is 0.338. The number of carbonyl (C=O) groups excluding carboxylic acids is 1. The Kier molecular flexibility index (Phi) is 4.83. The maximum atomic E-state index is 13.8. The van der Waals surface area contributed by atoms with E-state index in [9.17, 15) is 19.3 Å². The molecule has 1 amide bonds. The normalized spacial score (nSPS) is 12.5. The highest BCUT2D eigenvalue weighted by atomic mass is 19.1. The fraction of sp³-hybridized carbons (Fsp3) is 0.167. The number of hydrogen-bond donors (Lipinski definition) is 1. The molecular formula is C18H15FN2O5. The van der Waals surface area contributed by atoms with Gasteiger partial charge in [0.2, 0.25) is 0 Å². The molecule has 2 aromatic carbocycles. The SMILES string of the molecule is CCOc1cccc2c1OCC(C(=O)Nc1cc([N+](=O)[O-])ccc1F)=C2. The van der Waals surface area contributed by atoms with Crippen molar-refractivity contribution >= 4 is 23.4 Å². The van der Waals surface area contributed by atoms with Crippen molar-refractivity contribution in [2.24, 2.45) is 0 Å². The number of halogens is 1. The number of hydrogen-bond acceptors (Lipinski definition) is 5. The molecule has 1 heterocycles. The van der Waals surface area contributed by atoms with Crippen LogP contribution in [0.15, 0.2) is 42.0 Å². The Balaban J connectivity index is 1.85. The van der Waals surface area contributed by atoms with E-state index in [1.54, 1.807) is 24.3 Å². The number of rotatable bonds is 5. The molecule has 2 aromatic rings. The van der Waals surface area contributed by atoms with Crippen LogP contribution in [0.3, 0.4) is 0 Å². The lowest BCUT2D eigenvalue weighted by Gasteiger charge is -2.20. The van der Waals surface area contributed by atoms with Crippen molar-refractivity contribution in [3.63, 3.8) is 0 Å². The van der Waals surface area contributed by atoms with E-state index in [0.29, 0.717) is 23.7 Å². The molecule has 1 N–H and O–H groups in total. The Morgan fingerprint density at radius 1 is 1.38 bits per heavy atom. The molecule has 1 aliphatic heterocycles. The number of nitrogens with zero attached hydrogens (tertiary/aromatic N) is 1. The van der Waals surface area contributed by atoms with E-state index in [4.69, 9.17) is 9.47 Å². The lowest BCUT2D eigenvalue weighted by Crippen LogP contribution is -2.22. The van der Waals surface area contributed by atoms with Gasteiger partial charge in [-0.1, -0.05) is 12.1 Å². The van der Waals surface area contributed by atoms with Gasteiger partial charge in [0.05, 0.1) is 22.8 Å². The van der Waals surface area contributed by atoms with Crippen LogP contribution in [0.1, 0.15) is 12.5 Å². The summed E-state index contributed by atoms with van der Waals surface area (Å²) < 4.78 is 24.9. The fourth-order valence-electron chi connectivity index (χ4n) is 2.51. The smallest absolute Gasteiger partial charge is 0.271 e. The first-order chi connectivity index (χ1) is 12.5. The number of non-ortho nitro benzene ring substituents is 1. The summed E-state index contributed by atoms with van der Waals surface area (Å²) in [5, 5.41) is 13.1. The lowest BCUT2D eigenvalue weighted by molar-refractivity contribution is -0.384. The van der Waals surface area contributed by atoms with Crippen LogP contribution in [-0.2, 0) is 4.79 Å². The Morgan fingerprint density at radius 2 is 2.19 bits per heavy atom. The largest absolute Gasteiger partial charge is 0.490 e. The minimum Gasteiger partial charge on any atom is -0.490 e. The summed E-state index contributed by atoms with van der Waals surface area (Å²) in [6.45, 7) is 2.30. The molecule has 8 heteroatoms. The van der Waals surface area contributed by atoms with Crippen LogP contribution in [0.4, 0.5) is 15.8 Å². The number of nitro benzene ring substituents is 1. The zero-order chi connectivity index (χ0) is 18.7. The monoisotopic (exact) mass is 358 g/mol. The molecule has 0 atom stereocenters. The van der Waals surface area contributed by atoms with Crippen molar-refractivity contribution in [1.82, 2.24) is 0 Å². The van der Waals surface area contributed by atoms with Crippen molar-refractivity contribution in [3.05, 3.63) is 63.5 Å². The maximum Gasteiger partial charge on any atom is 0.271 e. The zero-order valence-corrected chi connectivity index (χ0v) is 13.8. The zero-order valence-electron chi connectivity index (χ0n) is 13.8. The van der Waals surface area contributed by atoms with E-state index in [1.165, 1.54) is 0 Å². The number of nitro groups is 1. The van der Waals surface area contributed by atoms with Crippen LogP contribution in [0.25, 0.3) is 6.08 Å². The first kappa shape index (κ1) is 17.4. The van der Waals surface area contributed by atoms with Crippen LogP contribution in [0.5, 0.6) is 11.5 Å². The number of anilines is 1. The number of amides is 1. The molecule has 0 spiro atoms. The van der Waals surface area contributed by atoms with Crippen molar-refractivity contribution < 1.29 is 23.6 Å². The van der Waals surface area contributed by atoms with Crippen molar-refractivity contribution in [2.45, 2.75) is 6.92 Å². The molecule has 0 saturated heterocycles. The van der Waals surface area contributed by atoms with Crippen molar-refractivity contribution in [2.75, 3.05) is 18.5 Å². The van der Waals surface area contributed by atoms with Crippen molar-refractivity contribution in [1.29, 1.82) is 0 Å². The van der Waals surface area contributed by atoms with Gasteiger partial charge in [0, 0.05) is 17.7 Å². The Labute approximate surface area is 148 Å². The van der Waals surface area contributed by atoms with Gasteiger partial charge >= 0.3 is 0 Å². The lowest BCUT2D eigenvalue weighted by atomic mass is 10.1. The first-order valence-corrected chi connectivity index (χ1v) is 7.84. The van der Waals surface area contributed by atoms with E-state index < -0.39 is 16.6 Å². The summed E-state index contributed by atoms with van der Waals surface area (Å²) in [4.78, 5) is 22.5. The molecule has 0 radical (unpaired) electrons. The van der Waals surface area contributed by atoms with Gasteiger partial charge in [-0.25, -0.2) is 4.39 Å². The third-order valence-corrected chi connectivity index (χ3v) is 3.71. The molecule has 0 bridgehead atoms. The molecule has 134 valence electrons. The molecule has 1 aliphatic rings. The molecule has 3 rings (SSSR count). The van der Waals surface area contributed by atoms with Gasteiger partial charge in [0.1, 0.15) is 12.4 Å². The molecule has 26 heavy (non-hydrogen) atoms. The van der Waals surface area contributed by atoms with Gasteiger partial charge < -0.3 is 14.8 Å². The second-order valence-corrected chi connectivity index (χ2v) is 5.44. The topological polar surface area (TPSA) is 90.7 Å². The third-order valence-electron chi connectivity index (χ3n) is 3.71. The standard InChI is InChI=1S/C18H15FN2O5/c1-2-25-16-5-3-4-11-8-12(10-26-17(11)16)18(22)20-15-9-13(21(23)24)6-7-14(15)19/h3-9H,2,10H2,1H3,(H,20,22). The Morgan fingerprint density at radius 3 is 2.92 bits per heavy atom. The Bertz CT molecular complexity index is 910. The molecule has 0 aliphatic carbocycles. The van der Waals surface area contributed by atoms with E-state index in [-0.39, 0.29) is 23.6 Å². The van der Waals surface area contributed by atoms with Crippen LogP contribution < -0.4 is 14.8 Å². The molecule has 0 unspecified atom stereocenters. The summed E-state index contributed by atoms with van der Waals surface area (Å²) in [5.74, 6) is -0.255. The molecule has 7 nitrogen and oxygen atoms in total. The van der Waals surface area contributed by atoms with Gasteiger partial charge in [0.15, 0.2) is 11.5 Å². The predicted molar refractivity (Wildman–Crippen MR) is 92.8 cm³/mol. The summed E-state index contributed by atoms with van der Waals surface area (Å²) in [6, 6.07) is 8.23. The average molecular weight is 358 g/mol. The van der Waals surface area contributed by atoms with E-state index in [2.05, 4.69) is 5.32 Å². The highest BCUT2D eigenvalue weighted by Gasteiger charge is 2.21. The third kappa shape index (κ3) is 3.49. The number of benzene rings is 2. The van der Waals surface area contributed by atoms with Crippen LogP contribution in [0, 0.1) is 15.9 Å². The van der Waals surface area contributed by atoms with E-state index in [1.807, 2.05) is 6.92 Å². The molecule has 0 saturated carbocycles. The quantitative estimate of drug-likeness (QED) is 0.652. The van der Waals surface area contributed by atoms with Gasteiger partial charge in [-0.3, -0.25) is 14.9 Å². The van der Waals surface area contributed by atoms with Crippen LogP contribution in [0.2, 0.25) is 0 Å². The highest BCUT2D eigenvalue weighted by molar-refractivity contribution is 6.07. The summed E-state index contributed by atoms with van der Waals surface area (Å²) >= 11 is 0. The number of nitrogens with one attached hydrogen (secondary N) is 1. The van der Waals surface area contributed by atoms with Crippen LogP contribution in [-0.4, -0.2) is 24.0 Å². The summed E-state index contributed by atoms with van der Waals surface area (Å²) in [6.07, 6.45) is 1.62. The van der Waals surface area contributed by atoms with Gasteiger partial charge in [-0.15, -0.1) is 0 Å². The number of fused-ring (bicyclic) bond motifs is 1. The Hall–Kier alpha value is -3.42. The van der Waals surface area contributed by atoms with Crippen LogP contribution >= 0.6 is 0 Å². The number of para-hydroxylation sites is 1. The number of carbonyl (C=O) groups is 1. The minimum absolute atomic E-state index is 0.0283. The average Bonchev–Trinajstić information content (AvgIpc) is 2.63. The highest BCUT2D eigenvalue weighted by Crippen LogP contribution is 2.36. The number of ether oxygens (including phenoxy) is 2. The first-order valence-electron chi connectivity index (χ1n) is 7.84. The van der Waals surface area contributed by atoms with Crippen molar-refractivity contribution in [3.8, 4) is 11.5 Å². The fourth-order valence-corrected chi connectivity index (χ4v) is 2.51. The second kappa shape index (κ2) is 7.22. The minimum atomic E-state index is -0.764. The predicted octanol–water partition coefficient (Wildman–Crippen LogP) is 3.55.